The summed E-state index contributed by atoms with van der Waals surface area (Å²) in [4.78, 5) is 11.1. The molecule has 1 aromatic rings. The second kappa shape index (κ2) is 4.87. The van der Waals surface area contributed by atoms with E-state index in [1.165, 1.54) is 25.5 Å². The van der Waals surface area contributed by atoms with E-state index in [1.54, 1.807) is 0 Å². The van der Waals surface area contributed by atoms with Crippen molar-refractivity contribution in [3.8, 4) is 12.0 Å². The maximum absolute atomic E-state index is 11.1. The van der Waals surface area contributed by atoms with Crippen LogP contribution in [-0.4, -0.2) is 13.1 Å². The quantitative estimate of drug-likeness (QED) is 0.594. The zero-order valence-corrected chi connectivity index (χ0v) is 9.09. The molecule has 1 rings (SSSR count). The van der Waals surface area contributed by atoms with Crippen LogP contribution >= 0.6 is 23.2 Å². The number of hydrogen-bond donors (Lipinski definition) is 0. The van der Waals surface area contributed by atoms with Crippen LogP contribution in [0.1, 0.15) is 10.4 Å². The van der Waals surface area contributed by atoms with Crippen LogP contribution in [0.5, 0.6) is 5.75 Å². The summed E-state index contributed by atoms with van der Waals surface area (Å²) in [6.45, 7) is 0. The Morgan fingerprint density at radius 1 is 1.40 bits per heavy atom. The third-order valence-electron chi connectivity index (χ3n) is 1.57. The number of halogens is 2. The van der Waals surface area contributed by atoms with Crippen LogP contribution in [0.2, 0.25) is 10.0 Å². The fourth-order valence-electron chi connectivity index (χ4n) is 0.939. The van der Waals surface area contributed by atoms with Gasteiger partial charge in [0, 0.05) is 0 Å². The molecule has 0 N–H and O–H groups in total. The maximum atomic E-state index is 11.1. The van der Waals surface area contributed by atoms with Gasteiger partial charge < -0.3 is 9.47 Å². The summed E-state index contributed by atoms with van der Waals surface area (Å²) < 4.78 is 9.01. The Balaban J connectivity index is 3.20. The summed E-state index contributed by atoms with van der Waals surface area (Å²) in [7, 11) is 1.24. The minimum Gasteiger partial charge on any atom is -0.465 e. The average Bonchev–Trinajstić information content (AvgIpc) is 2.22. The molecule has 0 saturated heterocycles. The van der Waals surface area contributed by atoms with Crippen LogP contribution in [0.25, 0.3) is 0 Å². The normalized spacial score (nSPS) is 9.20. The van der Waals surface area contributed by atoms with Gasteiger partial charge in [0.2, 0.25) is 0 Å². The standard InChI is InChI=1S/C9H5Cl2NO3/c1-14-9(13)5-2-6(10)8(15-4-12)7(11)3-5/h2-3H,1H3. The lowest BCUT2D eigenvalue weighted by Crippen LogP contribution is -2.01. The fourth-order valence-corrected chi connectivity index (χ4v) is 1.50. The first kappa shape index (κ1) is 11.6. The Labute approximate surface area is 95.9 Å². The lowest BCUT2D eigenvalue weighted by molar-refractivity contribution is 0.0600. The van der Waals surface area contributed by atoms with E-state index >= 15 is 0 Å². The van der Waals surface area contributed by atoms with Gasteiger partial charge in [-0.2, -0.15) is 0 Å². The smallest absolute Gasteiger partial charge is 0.337 e. The summed E-state index contributed by atoms with van der Waals surface area (Å²) >= 11 is 11.5. The predicted molar refractivity (Wildman–Crippen MR) is 54.0 cm³/mol. The molecule has 0 bridgehead atoms. The molecule has 15 heavy (non-hydrogen) atoms. The van der Waals surface area contributed by atoms with Crippen LogP contribution in [0.4, 0.5) is 0 Å². The molecule has 0 saturated carbocycles. The van der Waals surface area contributed by atoms with Crippen molar-refractivity contribution in [1.82, 2.24) is 0 Å². The Kier molecular flexibility index (Phi) is 3.78. The summed E-state index contributed by atoms with van der Waals surface area (Å²) in [5.74, 6) is -0.546. The zero-order chi connectivity index (χ0) is 11.4. The van der Waals surface area contributed by atoms with Crippen LogP contribution in [0.3, 0.4) is 0 Å². The van der Waals surface area contributed by atoms with Crippen LogP contribution < -0.4 is 4.74 Å². The number of rotatable bonds is 2. The van der Waals surface area contributed by atoms with Crippen molar-refractivity contribution in [3.05, 3.63) is 27.7 Å². The number of carbonyl (C=O) groups is 1. The van der Waals surface area contributed by atoms with Crippen molar-refractivity contribution in [3.63, 3.8) is 0 Å². The second-order valence-corrected chi connectivity index (χ2v) is 3.27. The number of nitriles is 1. The molecule has 0 aromatic heterocycles. The Morgan fingerprint density at radius 2 is 1.93 bits per heavy atom. The molecule has 0 atom stereocenters. The average molecular weight is 246 g/mol. The molecule has 0 spiro atoms. The van der Waals surface area contributed by atoms with E-state index in [0.29, 0.717) is 0 Å². The van der Waals surface area contributed by atoms with Crippen molar-refractivity contribution in [2.45, 2.75) is 0 Å². The zero-order valence-electron chi connectivity index (χ0n) is 7.58. The molecule has 78 valence electrons. The van der Waals surface area contributed by atoms with Crippen LogP contribution in [0, 0.1) is 11.5 Å². The van der Waals surface area contributed by atoms with E-state index in [9.17, 15) is 4.79 Å². The number of carbonyl (C=O) groups excluding carboxylic acids is 1. The number of benzene rings is 1. The van der Waals surface area contributed by atoms with Gasteiger partial charge in [-0.3, -0.25) is 0 Å². The molecule has 0 aliphatic heterocycles. The van der Waals surface area contributed by atoms with Gasteiger partial charge in [0.1, 0.15) is 0 Å². The van der Waals surface area contributed by atoms with Gasteiger partial charge in [0.05, 0.1) is 22.7 Å². The summed E-state index contributed by atoms with van der Waals surface area (Å²) in [5.41, 5.74) is 0.192. The van der Waals surface area contributed by atoms with E-state index in [0.717, 1.165) is 0 Å². The second-order valence-electron chi connectivity index (χ2n) is 2.45. The van der Waals surface area contributed by atoms with Gasteiger partial charge in [-0.05, 0) is 12.1 Å². The number of hydrogen-bond acceptors (Lipinski definition) is 4. The SMILES string of the molecule is COC(=O)c1cc(Cl)c(OC#N)c(Cl)c1. The summed E-state index contributed by atoms with van der Waals surface area (Å²) in [6, 6.07) is 2.62. The highest BCUT2D eigenvalue weighted by Crippen LogP contribution is 2.34. The van der Waals surface area contributed by atoms with E-state index in [4.69, 9.17) is 28.5 Å². The Bertz CT molecular complexity index is 416. The first-order valence-corrected chi connectivity index (χ1v) is 4.49. The van der Waals surface area contributed by atoms with E-state index in [1.807, 2.05) is 0 Å². The van der Waals surface area contributed by atoms with Gasteiger partial charge in [0.25, 0.3) is 6.26 Å². The molecule has 6 heteroatoms. The molecule has 0 radical (unpaired) electrons. The largest absolute Gasteiger partial charge is 0.465 e. The van der Waals surface area contributed by atoms with E-state index < -0.39 is 5.97 Å². The predicted octanol–water partition coefficient (Wildman–Crippen LogP) is 2.64. The lowest BCUT2D eigenvalue weighted by Gasteiger charge is -2.05. The Hall–Kier alpha value is -1.44. The van der Waals surface area contributed by atoms with Gasteiger partial charge in [0.15, 0.2) is 5.75 Å². The number of nitrogens with zero attached hydrogens (tertiary/aromatic N) is 1. The van der Waals surface area contributed by atoms with Crippen LogP contribution in [0.15, 0.2) is 12.1 Å². The minimum absolute atomic E-state index is 0.0217. The molecular weight excluding hydrogens is 241 g/mol. The Morgan fingerprint density at radius 3 is 2.33 bits per heavy atom. The van der Waals surface area contributed by atoms with E-state index in [-0.39, 0.29) is 21.4 Å². The molecule has 0 heterocycles. The molecule has 0 unspecified atom stereocenters. The maximum Gasteiger partial charge on any atom is 0.337 e. The van der Waals surface area contributed by atoms with E-state index in [2.05, 4.69) is 9.47 Å². The van der Waals surface area contributed by atoms with Crippen molar-refractivity contribution >= 4 is 29.2 Å². The first-order chi connectivity index (χ1) is 7.10. The van der Waals surface area contributed by atoms with Gasteiger partial charge >= 0.3 is 5.97 Å². The number of methoxy groups -OCH3 is 1. The first-order valence-electron chi connectivity index (χ1n) is 3.73. The van der Waals surface area contributed by atoms with Crippen molar-refractivity contribution in [2.75, 3.05) is 7.11 Å². The molecular formula is C9H5Cl2NO3. The highest BCUT2D eigenvalue weighted by atomic mass is 35.5. The summed E-state index contributed by atoms with van der Waals surface area (Å²) in [5, 5.41) is 8.46. The van der Waals surface area contributed by atoms with Gasteiger partial charge in [-0.1, -0.05) is 23.2 Å². The number of ether oxygens (including phenoxy) is 2. The minimum atomic E-state index is -0.567. The fraction of sp³-hybridized carbons (Fsp3) is 0.111. The van der Waals surface area contributed by atoms with Crippen LogP contribution in [-0.2, 0) is 4.74 Å². The monoisotopic (exact) mass is 245 g/mol. The van der Waals surface area contributed by atoms with Crippen molar-refractivity contribution in [2.24, 2.45) is 0 Å². The van der Waals surface area contributed by atoms with Gasteiger partial charge in [-0.15, -0.1) is 5.26 Å². The van der Waals surface area contributed by atoms with Gasteiger partial charge in [-0.25, -0.2) is 4.79 Å². The number of esters is 1. The third-order valence-corrected chi connectivity index (χ3v) is 2.13. The molecule has 0 aliphatic rings. The topological polar surface area (TPSA) is 59.3 Å². The molecule has 4 nitrogen and oxygen atoms in total. The molecule has 0 fully saturated rings. The highest BCUT2D eigenvalue weighted by molar-refractivity contribution is 6.37. The van der Waals surface area contributed by atoms with Crippen molar-refractivity contribution < 1.29 is 14.3 Å². The van der Waals surface area contributed by atoms with Crippen molar-refractivity contribution in [1.29, 1.82) is 5.26 Å². The molecule has 0 amide bonds. The highest BCUT2D eigenvalue weighted by Gasteiger charge is 2.14. The lowest BCUT2D eigenvalue weighted by atomic mass is 10.2. The summed E-state index contributed by atoms with van der Waals surface area (Å²) in [6.07, 6.45) is 1.44. The molecule has 1 aromatic carbocycles. The third kappa shape index (κ3) is 2.52. The molecule has 0 aliphatic carbocycles.